The highest BCUT2D eigenvalue weighted by Gasteiger charge is 2.05. The van der Waals surface area contributed by atoms with Gasteiger partial charge in [-0.2, -0.15) is 0 Å². The smallest absolute Gasteiger partial charge is 0.303 e. The fourth-order valence-corrected chi connectivity index (χ4v) is 2.30. The van der Waals surface area contributed by atoms with Gasteiger partial charge in [0.1, 0.15) is 30.5 Å². The average molecular weight is 375 g/mol. The highest BCUT2D eigenvalue weighted by molar-refractivity contribution is 5.80. The summed E-state index contributed by atoms with van der Waals surface area (Å²) in [6.07, 6.45) is 0.420. The summed E-state index contributed by atoms with van der Waals surface area (Å²) in [5.41, 5.74) is 0.991. The van der Waals surface area contributed by atoms with Crippen molar-refractivity contribution in [3.8, 4) is 11.5 Å². The summed E-state index contributed by atoms with van der Waals surface area (Å²) in [4.78, 5) is 21.9. The van der Waals surface area contributed by atoms with Crippen molar-refractivity contribution in [3.63, 3.8) is 0 Å². The van der Waals surface area contributed by atoms with Crippen molar-refractivity contribution in [1.29, 1.82) is 0 Å². The molecule has 0 atom stereocenters. The maximum atomic E-state index is 12.8. The monoisotopic (exact) mass is 375 g/mol. The second kappa shape index (κ2) is 10.8. The lowest BCUT2D eigenvalue weighted by Crippen LogP contribution is -2.26. The summed E-state index contributed by atoms with van der Waals surface area (Å²) in [5, 5.41) is 11.2. The van der Waals surface area contributed by atoms with Gasteiger partial charge in [0.05, 0.1) is 6.42 Å². The molecule has 6 nitrogen and oxygen atoms in total. The summed E-state index contributed by atoms with van der Waals surface area (Å²) in [5.74, 6) is -0.311. The highest BCUT2D eigenvalue weighted by Crippen LogP contribution is 2.14. The van der Waals surface area contributed by atoms with Crippen molar-refractivity contribution in [2.45, 2.75) is 19.3 Å². The van der Waals surface area contributed by atoms with Crippen molar-refractivity contribution < 1.29 is 28.6 Å². The van der Waals surface area contributed by atoms with Crippen LogP contribution in [0.4, 0.5) is 4.39 Å². The molecule has 0 radical (unpaired) electrons. The summed E-state index contributed by atoms with van der Waals surface area (Å²) >= 11 is 0. The zero-order valence-electron chi connectivity index (χ0n) is 14.8. The van der Waals surface area contributed by atoms with Crippen LogP contribution in [0.25, 0.3) is 0 Å². The molecule has 2 rings (SSSR count). The van der Waals surface area contributed by atoms with Crippen molar-refractivity contribution in [1.82, 2.24) is 5.32 Å². The Balaban J connectivity index is 1.67. The molecule has 0 spiro atoms. The number of aliphatic carboxylic acids is 1. The third-order valence-corrected chi connectivity index (χ3v) is 3.63. The Morgan fingerprint density at radius 2 is 1.67 bits per heavy atom. The Hall–Kier alpha value is -3.09. The largest absolute Gasteiger partial charge is 0.490 e. The van der Waals surface area contributed by atoms with Crippen molar-refractivity contribution in [3.05, 3.63) is 59.9 Å². The first kappa shape index (κ1) is 20.2. The number of benzene rings is 2. The maximum Gasteiger partial charge on any atom is 0.303 e. The molecule has 0 fully saturated rings. The Labute approximate surface area is 156 Å². The molecular weight excluding hydrogens is 353 g/mol. The quantitative estimate of drug-likeness (QED) is 0.590. The lowest BCUT2D eigenvalue weighted by atomic mass is 10.1. The highest BCUT2D eigenvalue weighted by atomic mass is 19.1. The molecule has 27 heavy (non-hydrogen) atoms. The third-order valence-electron chi connectivity index (χ3n) is 3.63. The fraction of sp³-hybridized carbons (Fsp3) is 0.300. The van der Waals surface area contributed by atoms with Crippen molar-refractivity contribution in [2.75, 3.05) is 19.8 Å². The fourth-order valence-electron chi connectivity index (χ4n) is 2.30. The first-order valence-corrected chi connectivity index (χ1v) is 8.61. The third kappa shape index (κ3) is 8.22. The zero-order valence-corrected chi connectivity index (χ0v) is 14.8. The number of rotatable bonds is 11. The van der Waals surface area contributed by atoms with E-state index in [1.807, 2.05) is 24.3 Å². The minimum absolute atomic E-state index is 0.0213. The summed E-state index contributed by atoms with van der Waals surface area (Å²) in [6.45, 7) is 1.10. The Morgan fingerprint density at radius 3 is 2.37 bits per heavy atom. The Bertz CT molecular complexity index is 748. The standard InChI is InChI=1S/C20H22FNO5/c21-16-4-6-17(7-5-16)26-12-13-27-18-3-1-2-15(14-18)10-11-22-19(23)8-9-20(24)25/h1-7,14H,8-13H2,(H,22,23)(H,24,25). The minimum atomic E-state index is -0.988. The number of nitrogens with one attached hydrogen (secondary N) is 1. The zero-order chi connectivity index (χ0) is 19.5. The van der Waals surface area contributed by atoms with Gasteiger partial charge >= 0.3 is 5.97 Å². The van der Waals surface area contributed by atoms with E-state index in [-0.39, 0.29) is 24.6 Å². The van der Waals surface area contributed by atoms with Gasteiger partial charge in [0.15, 0.2) is 0 Å². The van der Waals surface area contributed by atoms with Gasteiger partial charge in [-0.15, -0.1) is 0 Å². The second-order valence-electron chi connectivity index (χ2n) is 5.79. The number of hydrogen-bond acceptors (Lipinski definition) is 4. The molecule has 0 aliphatic rings. The Morgan fingerprint density at radius 1 is 0.963 bits per heavy atom. The van der Waals surface area contributed by atoms with Gasteiger partial charge in [-0.3, -0.25) is 9.59 Å². The van der Waals surface area contributed by atoms with E-state index in [1.54, 1.807) is 12.1 Å². The van der Waals surface area contributed by atoms with Gasteiger partial charge in [0, 0.05) is 13.0 Å². The van der Waals surface area contributed by atoms with E-state index >= 15 is 0 Å². The lowest BCUT2D eigenvalue weighted by Gasteiger charge is -2.10. The molecule has 7 heteroatoms. The molecule has 2 aromatic rings. The predicted octanol–water partition coefficient (Wildman–Crippen LogP) is 2.81. The van der Waals surface area contributed by atoms with Crippen LogP contribution in [-0.2, 0) is 16.0 Å². The molecule has 0 saturated heterocycles. The summed E-state index contributed by atoms with van der Waals surface area (Å²) in [7, 11) is 0. The van der Waals surface area contributed by atoms with E-state index in [4.69, 9.17) is 14.6 Å². The van der Waals surface area contributed by atoms with Crippen LogP contribution in [-0.4, -0.2) is 36.7 Å². The van der Waals surface area contributed by atoms with Crippen molar-refractivity contribution in [2.24, 2.45) is 0 Å². The van der Waals surface area contributed by atoms with Crippen LogP contribution in [0.5, 0.6) is 11.5 Å². The van der Waals surface area contributed by atoms with Crippen LogP contribution in [0.3, 0.4) is 0 Å². The van der Waals surface area contributed by atoms with E-state index < -0.39 is 5.97 Å². The predicted molar refractivity (Wildman–Crippen MR) is 97.4 cm³/mol. The van der Waals surface area contributed by atoms with Gasteiger partial charge < -0.3 is 19.9 Å². The number of carbonyl (C=O) groups excluding carboxylic acids is 1. The molecule has 1 amide bonds. The molecule has 0 bridgehead atoms. The minimum Gasteiger partial charge on any atom is -0.490 e. The number of amides is 1. The molecule has 144 valence electrons. The van der Waals surface area contributed by atoms with E-state index in [2.05, 4.69) is 5.32 Å². The average Bonchev–Trinajstić information content (AvgIpc) is 2.65. The van der Waals surface area contributed by atoms with Crippen molar-refractivity contribution >= 4 is 11.9 Å². The van der Waals surface area contributed by atoms with Crippen LogP contribution in [0.1, 0.15) is 18.4 Å². The molecule has 0 aromatic heterocycles. The molecule has 0 aliphatic carbocycles. The first-order valence-electron chi connectivity index (χ1n) is 8.61. The van der Waals surface area contributed by atoms with Gasteiger partial charge in [-0.1, -0.05) is 12.1 Å². The number of halogens is 1. The van der Waals surface area contributed by atoms with Gasteiger partial charge in [0.25, 0.3) is 0 Å². The van der Waals surface area contributed by atoms with Gasteiger partial charge in [-0.25, -0.2) is 4.39 Å². The van der Waals surface area contributed by atoms with E-state index in [0.29, 0.717) is 37.7 Å². The summed E-state index contributed by atoms with van der Waals surface area (Å²) < 4.78 is 23.9. The van der Waals surface area contributed by atoms with Crippen LogP contribution in [0.2, 0.25) is 0 Å². The molecule has 2 N–H and O–H groups in total. The number of hydrogen-bond donors (Lipinski definition) is 2. The van der Waals surface area contributed by atoms with Gasteiger partial charge in [0.2, 0.25) is 5.91 Å². The molecule has 0 heterocycles. The van der Waals surface area contributed by atoms with Crippen LogP contribution in [0, 0.1) is 5.82 Å². The molecule has 2 aromatic carbocycles. The lowest BCUT2D eigenvalue weighted by molar-refractivity contribution is -0.138. The number of carbonyl (C=O) groups is 2. The van der Waals surface area contributed by atoms with Gasteiger partial charge in [-0.05, 0) is 48.4 Å². The number of carboxylic acid groups (broad SMARTS) is 1. The normalized spacial score (nSPS) is 10.3. The molecule has 0 saturated carbocycles. The van der Waals surface area contributed by atoms with E-state index in [9.17, 15) is 14.0 Å². The van der Waals surface area contributed by atoms with E-state index in [0.717, 1.165) is 5.56 Å². The van der Waals surface area contributed by atoms with E-state index in [1.165, 1.54) is 12.1 Å². The topological polar surface area (TPSA) is 84.9 Å². The second-order valence-corrected chi connectivity index (χ2v) is 5.79. The number of ether oxygens (including phenoxy) is 2. The SMILES string of the molecule is O=C(O)CCC(=O)NCCc1cccc(OCCOc2ccc(F)cc2)c1. The summed E-state index contributed by atoms with van der Waals surface area (Å²) in [6, 6.07) is 13.3. The Kier molecular flexibility index (Phi) is 8.09. The number of carboxylic acids is 1. The molecule has 0 aliphatic heterocycles. The first-order chi connectivity index (χ1) is 13.0. The molecular formula is C20H22FNO5. The van der Waals surface area contributed by atoms with Crippen LogP contribution in [0.15, 0.2) is 48.5 Å². The van der Waals surface area contributed by atoms with Crippen LogP contribution < -0.4 is 14.8 Å². The molecule has 0 unspecified atom stereocenters. The maximum absolute atomic E-state index is 12.8. The van der Waals surface area contributed by atoms with Crippen LogP contribution >= 0.6 is 0 Å².